The Bertz CT molecular complexity index is 524. The summed E-state index contributed by atoms with van der Waals surface area (Å²) in [5.41, 5.74) is 3.54. The zero-order valence-corrected chi connectivity index (χ0v) is 8.44. The lowest BCUT2D eigenvalue weighted by atomic mass is 10.1. The number of aryl methyl sites for hydroxylation is 1. The molecule has 15 heavy (non-hydrogen) atoms. The fraction of sp³-hybridized carbons (Fsp3) is 0.0769. The molecule has 0 aliphatic rings. The average molecular weight is 194 g/mol. The molecular weight excluding hydrogens is 184 g/mol. The van der Waals surface area contributed by atoms with Crippen LogP contribution < -0.4 is 0 Å². The summed E-state index contributed by atoms with van der Waals surface area (Å²) in [7, 11) is 0. The number of hydrogen-bond donors (Lipinski definition) is 0. The van der Waals surface area contributed by atoms with E-state index in [0.29, 0.717) is 5.69 Å². The Hall–Kier alpha value is -2.14. The first-order chi connectivity index (χ1) is 7.29. The van der Waals surface area contributed by atoms with Crippen LogP contribution in [0.4, 0.5) is 0 Å². The molecule has 1 aromatic heterocycles. The molecule has 1 heterocycles. The van der Waals surface area contributed by atoms with Gasteiger partial charge in [-0.25, -0.2) is 4.98 Å². The van der Waals surface area contributed by atoms with Gasteiger partial charge in [-0.15, -0.1) is 0 Å². The Balaban J connectivity index is 2.50. The second kappa shape index (κ2) is 3.93. The van der Waals surface area contributed by atoms with E-state index in [0.717, 1.165) is 11.3 Å². The van der Waals surface area contributed by atoms with Crippen molar-refractivity contribution in [2.45, 2.75) is 6.92 Å². The summed E-state index contributed by atoms with van der Waals surface area (Å²) in [5, 5.41) is 8.75. The molecule has 2 nitrogen and oxygen atoms in total. The van der Waals surface area contributed by atoms with Gasteiger partial charge in [-0.1, -0.05) is 29.8 Å². The molecule has 0 unspecified atom stereocenters. The summed E-state index contributed by atoms with van der Waals surface area (Å²) in [6, 6.07) is 15.6. The minimum absolute atomic E-state index is 0.453. The molecule has 2 aromatic rings. The highest BCUT2D eigenvalue weighted by Gasteiger charge is 2.00. The van der Waals surface area contributed by atoms with E-state index in [1.807, 2.05) is 43.3 Å². The van der Waals surface area contributed by atoms with E-state index in [9.17, 15) is 0 Å². The fourth-order valence-electron chi connectivity index (χ4n) is 1.46. The maximum atomic E-state index is 8.75. The van der Waals surface area contributed by atoms with Gasteiger partial charge < -0.3 is 0 Å². The minimum Gasteiger partial charge on any atom is -0.237 e. The maximum absolute atomic E-state index is 8.75. The van der Waals surface area contributed by atoms with E-state index >= 15 is 0 Å². The Morgan fingerprint density at radius 2 is 1.93 bits per heavy atom. The Morgan fingerprint density at radius 1 is 1.13 bits per heavy atom. The number of aromatic nitrogens is 1. The van der Waals surface area contributed by atoms with Crippen LogP contribution in [0.15, 0.2) is 42.5 Å². The summed E-state index contributed by atoms with van der Waals surface area (Å²) >= 11 is 0. The molecule has 2 heteroatoms. The zero-order chi connectivity index (χ0) is 10.7. The maximum Gasteiger partial charge on any atom is 0.141 e. The van der Waals surface area contributed by atoms with Gasteiger partial charge in [0.25, 0.3) is 0 Å². The molecule has 2 rings (SSSR count). The summed E-state index contributed by atoms with van der Waals surface area (Å²) < 4.78 is 0. The van der Waals surface area contributed by atoms with E-state index in [2.05, 4.69) is 11.1 Å². The second-order valence-corrected chi connectivity index (χ2v) is 3.39. The quantitative estimate of drug-likeness (QED) is 0.699. The number of rotatable bonds is 1. The largest absolute Gasteiger partial charge is 0.237 e. The first-order valence-electron chi connectivity index (χ1n) is 4.74. The van der Waals surface area contributed by atoms with Crippen molar-refractivity contribution in [3.63, 3.8) is 0 Å². The van der Waals surface area contributed by atoms with Gasteiger partial charge in [-0.3, -0.25) is 0 Å². The van der Waals surface area contributed by atoms with Crippen LogP contribution in [0.3, 0.4) is 0 Å². The standard InChI is InChI=1S/C13H10N2/c1-10-4-2-5-11(8-10)13-7-3-6-12(9-14)15-13/h2-8H,1H3. The molecule has 0 saturated carbocycles. The van der Waals surface area contributed by atoms with Crippen molar-refractivity contribution in [1.29, 1.82) is 5.26 Å². The summed E-state index contributed by atoms with van der Waals surface area (Å²) in [6.45, 7) is 2.04. The molecule has 0 aliphatic carbocycles. The lowest BCUT2D eigenvalue weighted by Gasteiger charge is -2.01. The second-order valence-electron chi connectivity index (χ2n) is 3.39. The van der Waals surface area contributed by atoms with Gasteiger partial charge in [-0.2, -0.15) is 5.26 Å². The van der Waals surface area contributed by atoms with Crippen LogP contribution in [0.1, 0.15) is 11.3 Å². The lowest BCUT2D eigenvalue weighted by Crippen LogP contribution is -1.87. The van der Waals surface area contributed by atoms with Crippen LogP contribution >= 0.6 is 0 Å². The fourth-order valence-corrected chi connectivity index (χ4v) is 1.46. The van der Waals surface area contributed by atoms with Gasteiger partial charge in [0, 0.05) is 5.56 Å². The topological polar surface area (TPSA) is 36.7 Å². The molecular formula is C13H10N2. The van der Waals surface area contributed by atoms with E-state index < -0.39 is 0 Å². The van der Waals surface area contributed by atoms with Gasteiger partial charge in [0.15, 0.2) is 0 Å². The third-order valence-electron chi connectivity index (χ3n) is 2.18. The van der Waals surface area contributed by atoms with Gasteiger partial charge in [-0.05, 0) is 25.1 Å². The van der Waals surface area contributed by atoms with Crippen LogP contribution in [0.5, 0.6) is 0 Å². The number of nitrogens with zero attached hydrogens (tertiary/aromatic N) is 2. The normalized spacial score (nSPS) is 9.60. The summed E-state index contributed by atoms with van der Waals surface area (Å²) in [6.07, 6.45) is 0. The van der Waals surface area contributed by atoms with Gasteiger partial charge in [0.1, 0.15) is 11.8 Å². The van der Waals surface area contributed by atoms with Crippen molar-refractivity contribution >= 4 is 0 Å². The van der Waals surface area contributed by atoms with Crippen LogP contribution in [0, 0.1) is 18.3 Å². The van der Waals surface area contributed by atoms with Crippen molar-refractivity contribution in [2.75, 3.05) is 0 Å². The van der Waals surface area contributed by atoms with Crippen LogP contribution in [-0.2, 0) is 0 Å². The third kappa shape index (κ3) is 2.03. The van der Waals surface area contributed by atoms with Gasteiger partial charge >= 0.3 is 0 Å². The lowest BCUT2D eigenvalue weighted by molar-refractivity contribution is 1.26. The number of pyridine rings is 1. The monoisotopic (exact) mass is 194 g/mol. The first-order valence-corrected chi connectivity index (χ1v) is 4.74. The molecule has 0 aliphatic heterocycles. The third-order valence-corrected chi connectivity index (χ3v) is 2.18. The van der Waals surface area contributed by atoms with Crippen molar-refractivity contribution < 1.29 is 0 Å². The van der Waals surface area contributed by atoms with Crippen molar-refractivity contribution in [3.05, 3.63) is 53.7 Å². The smallest absolute Gasteiger partial charge is 0.141 e. The van der Waals surface area contributed by atoms with E-state index in [4.69, 9.17) is 5.26 Å². The zero-order valence-electron chi connectivity index (χ0n) is 8.44. The SMILES string of the molecule is Cc1cccc(-c2cccc(C#N)n2)c1. The predicted molar refractivity (Wildman–Crippen MR) is 59.1 cm³/mol. The molecule has 0 saturated heterocycles. The minimum atomic E-state index is 0.453. The summed E-state index contributed by atoms with van der Waals surface area (Å²) in [4.78, 5) is 4.24. The molecule has 0 radical (unpaired) electrons. The van der Waals surface area contributed by atoms with Crippen molar-refractivity contribution in [3.8, 4) is 17.3 Å². The Labute approximate surface area is 88.8 Å². The predicted octanol–water partition coefficient (Wildman–Crippen LogP) is 2.93. The Kier molecular flexibility index (Phi) is 2.47. The Morgan fingerprint density at radius 3 is 2.67 bits per heavy atom. The van der Waals surface area contributed by atoms with Crippen molar-refractivity contribution in [1.82, 2.24) is 4.98 Å². The highest BCUT2D eigenvalue weighted by molar-refractivity contribution is 5.60. The van der Waals surface area contributed by atoms with Gasteiger partial charge in [0.2, 0.25) is 0 Å². The van der Waals surface area contributed by atoms with E-state index in [-0.39, 0.29) is 0 Å². The highest BCUT2D eigenvalue weighted by Crippen LogP contribution is 2.17. The van der Waals surface area contributed by atoms with Crippen molar-refractivity contribution in [2.24, 2.45) is 0 Å². The highest BCUT2D eigenvalue weighted by atomic mass is 14.7. The number of hydrogen-bond acceptors (Lipinski definition) is 2. The molecule has 72 valence electrons. The number of benzene rings is 1. The summed E-state index contributed by atoms with van der Waals surface area (Å²) in [5.74, 6) is 0. The molecule has 1 aromatic carbocycles. The van der Waals surface area contributed by atoms with Crippen LogP contribution in [-0.4, -0.2) is 4.98 Å². The van der Waals surface area contributed by atoms with Crippen LogP contribution in [0.2, 0.25) is 0 Å². The average Bonchev–Trinajstić information content (AvgIpc) is 2.29. The molecule has 0 amide bonds. The molecule has 0 fully saturated rings. The number of nitriles is 1. The molecule has 0 N–H and O–H groups in total. The molecule has 0 spiro atoms. The first kappa shape index (κ1) is 9.42. The van der Waals surface area contributed by atoms with E-state index in [1.54, 1.807) is 6.07 Å². The van der Waals surface area contributed by atoms with E-state index in [1.165, 1.54) is 5.56 Å². The molecule has 0 atom stereocenters. The van der Waals surface area contributed by atoms with Crippen LogP contribution in [0.25, 0.3) is 11.3 Å². The van der Waals surface area contributed by atoms with Gasteiger partial charge in [0.05, 0.1) is 5.69 Å². The molecule has 0 bridgehead atoms.